The van der Waals surface area contributed by atoms with E-state index in [0.717, 1.165) is 39.0 Å². The third-order valence-electron chi connectivity index (χ3n) is 3.13. The molecule has 1 aliphatic rings. The molecular formula is C11H21N5O. The zero-order valence-corrected chi connectivity index (χ0v) is 10.6. The molecular weight excluding hydrogens is 218 g/mol. The largest absolute Gasteiger partial charge is 0.336 e. The van der Waals surface area contributed by atoms with E-state index in [1.807, 2.05) is 0 Å². The quantitative estimate of drug-likeness (QED) is 0.830. The molecule has 0 aromatic carbocycles. The number of hydrogen-bond donors (Lipinski definition) is 1. The van der Waals surface area contributed by atoms with Crippen LogP contribution in [-0.2, 0) is 0 Å². The normalized spacial score (nSPS) is 19.6. The average Bonchev–Trinajstić information content (AvgIpc) is 2.80. The highest BCUT2D eigenvalue weighted by molar-refractivity contribution is 5.28. The summed E-state index contributed by atoms with van der Waals surface area (Å²) in [6.45, 7) is 6.05. The van der Waals surface area contributed by atoms with Crippen molar-refractivity contribution in [2.24, 2.45) is 5.73 Å². The Hall–Kier alpha value is -1.14. The fraction of sp³-hybridized carbons (Fsp3) is 0.818. The summed E-state index contributed by atoms with van der Waals surface area (Å²) < 4.78 is 5.22. The summed E-state index contributed by atoms with van der Waals surface area (Å²) in [6.07, 6.45) is 1.90. The van der Waals surface area contributed by atoms with E-state index >= 15 is 0 Å². The van der Waals surface area contributed by atoms with Crippen LogP contribution in [0.2, 0.25) is 0 Å². The van der Waals surface area contributed by atoms with E-state index in [1.54, 1.807) is 0 Å². The number of hydrogen-bond acceptors (Lipinski definition) is 6. The van der Waals surface area contributed by atoms with E-state index in [9.17, 15) is 0 Å². The number of nitrogens with two attached hydrogens (primary N) is 1. The molecule has 6 nitrogen and oxygen atoms in total. The van der Waals surface area contributed by atoms with Crippen molar-refractivity contribution in [3.63, 3.8) is 0 Å². The molecule has 0 bridgehead atoms. The summed E-state index contributed by atoms with van der Waals surface area (Å²) in [5, 5.41) is 4.01. The van der Waals surface area contributed by atoms with E-state index in [2.05, 4.69) is 33.9 Å². The van der Waals surface area contributed by atoms with E-state index in [0.29, 0.717) is 11.8 Å². The summed E-state index contributed by atoms with van der Waals surface area (Å²) >= 11 is 0. The first-order valence-electron chi connectivity index (χ1n) is 6.23. The van der Waals surface area contributed by atoms with Crippen molar-refractivity contribution in [3.8, 4) is 0 Å². The first kappa shape index (κ1) is 12.3. The van der Waals surface area contributed by atoms with Gasteiger partial charge in [-0.3, -0.25) is 0 Å². The molecule has 1 aromatic heterocycles. The van der Waals surface area contributed by atoms with Crippen LogP contribution < -0.4 is 10.6 Å². The van der Waals surface area contributed by atoms with Gasteiger partial charge in [0.25, 0.3) is 5.95 Å². The molecule has 2 N–H and O–H groups in total. The maximum atomic E-state index is 5.95. The Morgan fingerprint density at radius 1 is 1.35 bits per heavy atom. The van der Waals surface area contributed by atoms with Crippen LogP contribution in [0.15, 0.2) is 4.52 Å². The minimum Gasteiger partial charge on any atom is -0.336 e. The molecule has 2 rings (SSSR count). The van der Waals surface area contributed by atoms with Gasteiger partial charge in [0.2, 0.25) is 5.89 Å². The standard InChI is InChI=1S/C11H21N5O/c1-3-4-9(12)10-13-11(14-17-10)16-7-5-15(2)6-8-16/h9H,3-8,12H2,1-2H3/t9-/m0/s1. The van der Waals surface area contributed by atoms with Gasteiger partial charge in [-0.2, -0.15) is 4.98 Å². The molecule has 1 saturated heterocycles. The zero-order chi connectivity index (χ0) is 12.3. The molecule has 1 aromatic rings. The van der Waals surface area contributed by atoms with E-state index in [4.69, 9.17) is 10.3 Å². The van der Waals surface area contributed by atoms with Crippen molar-refractivity contribution in [3.05, 3.63) is 5.89 Å². The lowest BCUT2D eigenvalue weighted by Crippen LogP contribution is -2.44. The van der Waals surface area contributed by atoms with Crippen LogP contribution in [0.1, 0.15) is 31.7 Å². The van der Waals surface area contributed by atoms with Crippen molar-refractivity contribution in [1.82, 2.24) is 15.0 Å². The van der Waals surface area contributed by atoms with Gasteiger partial charge < -0.3 is 20.1 Å². The number of nitrogens with zero attached hydrogens (tertiary/aromatic N) is 4. The Labute approximate surface area is 102 Å². The smallest absolute Gasteiger partial charge is 0.266 e. The van der Waals surface area contributed by atoms with Crippen LogP contribution in [0.5, 0.6) is 0 Å². The number of likely N-dealkylation sites (N-methyl/N-ethyl adjacent to an activating group) is 1. The number of piperazine rings is 1. The Morgan fingerprint density at radius 2 is 2.06 bits per heavy atom. The van der Waals surface area contributed by atoms with Gasteiger partial charge in [0.15, 0.2) is 0 Å². The van der Waals surface area contributed by atoms with Gasteiger partial charge in [0.05, 0.1) is 6.04 Å². The summed E-state index contributed by atoms with van der Waals surface area (Å²) in [7, 11) is 2.12. The number of aromatic nitrogens is 2. The Bertz CT molecular complexity index is 345. The van der Waals surface area contributed by atoms with Crippen LogP contribution in [0.3, 0.4) is 0 Å². The van der Waals surface area contributed by atoms with Gasteiger partial charge in [-0.05, 0) is 18.6 Å². The maximum absolute atomic E-state index is 5.95. The molecule has 2 heterocycles. The van der Waals surface area contributed by atoms with Crippen LogP contribution >= 0.6 is 0 Å². The summed E-state index contributed by atoms with van der Waals surface area (Å²) in [4.78, 5) is 8.82. The van der Waals surface area contributed by atoms with Crippen molar-refractivity contribution in [2.75, 3.05) is 38.1 Å². The maximum Gasteiger partial charge on any atom is 0.266 e. The third kappa shape index (κ3) is 2.95. The Balaban J connectivity index is 1.98. The van der Waals surface area contributed by atoms with Gasteiger partial charge in [0, 0.05) is 26.2 Å². The molecule has 1 aliphatic heterocycles. The lowest BCUT2D eigenvalue weighted by atomic mass is 10.2. The monoisotopic (exact) mass is 239 g/mol. The fourth-order valence-corrected chi connectivity index (χ4v) is 1.95. The highest BCUT2D eigenvalue weighted by Gasteiger charge is 2.20. The molecule has 0 unspecified atom stereocenters. The summed E-state index contributed by atoms with van der Waals surface area (Å²) in [6, 6.07) is -0.131. The Morgan fingerprint density at radius 3 is 2.71 bits per heavy atom. The molecule has 1 fully saturated rings. The summed E-state index contributed by atoms with van der Waals surface area (Å²) in [5.74, 6) is 1.24. The second-order valence-corrected chi connectivity index (χ2v) is 4.62. The van der Waals surface area contributed by atoms with E-state index < -0.39 is 0 Å². The van der Waals surface area contributed by atoms with Crippen molar-refractivity contribution < 1.29 is 4.52 Å². The molecule has 0 radical (unpaired) electrons. The second-order valence-electron chi connectivity index (χ2n) is 4.62. The molecule has 17 heavy (non-hydrogen) atoms. The van der Waals surface area contributed by atoms with Gasteiger partial charge in [0.1, 0.15) is 0 Å². The topological polar surface area (TPSA) is 71.4 Å². The highest BCUT2D eigenvalue weighted by atomic mass is 16.5. The fourth-order valence-electron chi connectivity index (χ4n) is 1.95. The molecule has 96 valence electrons. The van der Waals surface area contributed by atoms with Crippen molar-refractivity contribution in [1.29, 1.82) is 0 Å². The highest BCUT2D eigenvalue weighted by Crippen LogP contribution is 2.17. The summed E-state index contributed by atoms with van der Waals surface area (Å²) in [5.41, 5.74) is 5.95. The number of anilines is 1. The van der Waals surface area contributed by atoms with Crippen molar-refractivity contribution in [2.45, 2.75) is 25.8 Å². The van der Waals surface area contributed by atoms with Crippen molar-refractivity contribution >= 4 is 5.95 Å². The van der Waals surface area contributed by atoms with Gasteiger partial charge >= 0.3 is 0 Å². The predicted molar refractivity (Wildman–Crippen MR) is 65.8 cm³/mol. The van der Waals surface area contributed by atoms with Crippen LogP contribution in [0, 0.1) is 0 Å². The van der Waals surface area contributed by atoms with Crippen LogP contribution in [-0.4, -0.2) is 48.3 Å². The van der Waals surface area contributed by atoms with Gasteiger partial charge in [-0.25, -0.2) is 0 Å². The zero-order valence-electron chi connectivity index (χ0n) is 10.6. The predicted octanol–water partition coefficient (Wildman–Crippen LogP) is 0.621. The SMILES string of the molecule is CCC[C@H](N)c1nc(N2CCN(C)CC2)no1. The molecule has 0 amide bonds. The lowest BCUT2D eigenvalue weighted by molar-refractivity contribution is 0.307. The van der Waals surface area contributed by atoms with E-state index in [-0.39, 0.29) is 6.04 Å². The molecule has 0 aliphatic carbocycles. The third-order valence-corrected chi connectivity index (χ3v) is 3.13. The Kier molecular flexibility index (Phi) is 3.96. The molecule has 6 heteroatoms. The van der Waals surface area contributed by atoms with Crippen LogP contribution in [0.25, 0.3) is 0 Å². The first-order chi connectivity index (χ1) is 8.20. The first-order valence-corrected chi connectivity index (χ1v) is 6.23. The van der Waals surface area contributed by atoms with Gasteiger partial charge in [-0.1, -0.05) is 13.3 Å². The number of rotatable bonds is 4. The molecule has 0 spiro atoms. The molecule has 0 saturated carbocycles. The van der Waals surface area contributed by atoms with E-state index in [1.165, 1.54) is 0 Å². The van der Waals surface area contributed by atoms with Gasteiger partial charge in [-0.15, -0.1) is 0 Å². The average molecular weight is 239 g/mol. The van der Waals surface area contributed by atoms with Crippen LogP contribution in [0.4, 0.5) is 5.95 Å². The minimum absolute atomic E-state index is 0.131. The lowest BCUT2D eigenvalue weighted by Gasteiger charge is -2.31. The molecule has 1 atom stereocenters. The second kappa shape index (κ2) is 5.46. The minimum atomic E-state index is -0.131.